The molecule has 6 heteroatoms. The van der Waals surface area contributed by atoms with Gasteiger partial charge in [0, 0.05) is 7.11 Å². The largest absolute Gasteiger partial charge is 0.508 e. The summed E-state index contributed by atoms with van der Waals surface area (Å²) in [4.78, 5) is 11.1. The van der Waals surface area contributed by atoms with E-state index >= 15 is 0 Å². The summed E-state index contributed by atoms with van der Waals surface area (Å²) in [5.41, 5.74) is 0. The predicted molar refractivity (Wildman–Crippen MR) is 75.0 cm³/mol. The second-order valence-electron chi connectivity index (χ2n) is 4.23. The fraction of sp³-hybridized carbons (Fsp3) is 0.929. The van der Waals surface area contributed by atoms with Crippen LogP contribution in [0.1, 0.15) is 32.6 Å². The van der Waals surface area contributed by atoms with Crippen molar-refractivity contribution in [3.05, 3.63) is 0 Å². The monoisotopic (exact) mass is 292 g/mol. The van der Waals surface area contributed by atoms with Crippen LogP contribution in [0.3, 0.4) is 0 Å². The highest BCUT2D eigenvalue weighted by Gasteiger charge is 2.02. The van der Waals surface area contributed by atoms with Crippen molar-refractivity contribution in [3.8, 4) is 0 Å². The highest BCUT2D eigenvalue weighted by molar-refractivity contribution is 5.59. The molecular formula is C14H28O6. The van der Waals surface area contributed by atoms with Gasteiger partial charge in [0.1, 0.15) is 6.61 Å². The Hall–Kier alpha value is -0.850. The quantitative estimate of drug-likeness (QED) is 0.362. The number of methoxy groups -OCH3 is 1. The van der Waals surface area contributed by atoms with Crippen LogP contribution in [0.5, 0.6) is 0 Å². The summed E-state index contributed by atoms with van der Waals surface area (Å²) in [7, 11) is 1.63. The fourth-order valence-electron chi connectivity index (χ4n) is 1.37. The van der Waals surface area contributed by atoms with Crippen molar-refractivity contribution in [2.24, 2.45) is 0 Å². The summed E-state index contributed by atoms with van der Waals surface area (Å²) >= 11 is 0. The van der Waals surface area contributed by atoms with Crippen LogP contribution in [-0.4, -0.2) is 59.5 Å². The van der Waals surface area contributed by atoms with E-state index in [0.717, 1.165) is 19.3 Å². The van der Waals surface area contributed by atoms with Gasteiger partial charge in [0.25, 0.3) is 0 Å². The zero-order valence-corrected chi connectivity index (χ0v) is 12.7. The summed E-state index contributed by atoms with van der Waals surface area (Å²) in [6.45, 7) is 5.22. The third-order valence-corrected chi connectivity index (χ3v) is 2.47. The van der Waals surface area contributed by atoms with Gasteiger partial charge in [-0.15, -0.1) is 0 Å². The minimum absolute atomic E-state index is 0.200. The molecule has 0 spiro atoms. The van der Waals surface area contributed by atoms with Gasteiger partial charge in [-0.2, -0.15) is 0 Å². The Morgan fingerprint density at radius 1 is 0.750 bits per heavy atom. The Morgan fingerprint density at radius 3 is 2.00 bits per heavy atom. The smallest absolute Gasteiger partial charge is 0.434 e. The molecule has 0 fully saturated rings. The summed E-state index contributed by atoms with van der Waals surface area (Å²) in [5, 5.41) is 0. The molecule has 0 aromatic rings. The first-order valence-corrected chi connectivity index (χ1v) is 7.25. The van der Waals surface area contributed by atoms with Crippen molar-refractivity contribution in [2.75, 3.05) is 53.4 Å². The molecule has 0 unspecified atom stereocenters. The Kier molecular flexibility index (Phi) is 15.5. The lowest BCUT2D eigenvalue weighted by molar-refractivity contribution is 0.000975. The molecule has 0 aliphatic rings. The molecule has 120 valence electrons. The van der Waals surface area contributed by atoms with Crippen LogP contribution in [0, 0.1) is 0 Å². The van der Waals surface area contributed by atoms with E-state index in [1.165, 1.54) is 6.42 Å². The van der Waals surface area contributed by atoms with Gasteiger partial charge < -0.3 is 23.7 Å². The van der Waals surface area contributed by atoms with Crippen LogP contribution in [-0.2, 0) is 23.7 Å². The number of hydrogen-bond donors (Lipinski definition) is 0. The maximum atomic E-state index is 11.1. The molecule has 0 atom stereocenters. The number of rotatable bonds is 14. The highest BCUT2D eigenvalue weighted by Crippen LogP contribution is 1.99. The molecule has 0 aromatic heterocycles. The first-order valence-electron chi connectivity index (χ1n) is 7.25. The summed E-state index contributed by atoms with van der Waals surface area (Å²) < 4.78 is 25.0. The van der Waals surface area contributed by atoms with E-state index < -0.39 is 6.16 Å². The van der Waals surface area contributed by atoms with Gasteiger partial charge in [-0.3, -0.25) is 0 Å². The molecule has 0 aliphatic carbocycles. The van der Waals surface area contributed by atoms with Crippen molar-refractivity contribution in [1.29, 1.82) is 0 Å². The SMILES string of the molecule is CCCCCCOC(=O)OCCOCCOCCOC. The Balaban J connectivity index is 3.11. The number of ether oxygens (including phenoxy) is 5. The third kappa shape index (κ3) is 15.2. The molecule has 0 amide bonds. The van der Waals surface area contributed by atoms with Crippen molar-refractivity contribution in [3.63, 3.8) is 0 Å². The summed E-state index contributed by atoms with van der Waals surface area (Å²) in [5.74, 6) is 0. The summed E-state index contributed by atoms with van der Waals surface area (Å²) in [6, 6.07) is 0. The van der Waals surface area contributed by atoms with Gasteiger partial charge in [-0.05, 0) is 6.42 Å². The van der Waals surface area contributed by atoms with Crippen LogP contribution in [0.15, 0.2) is 0 Å². The number of hydrogen-bond acceptors (Lipinski definition) is 6. The first kappa shape index (κ1) is 19.1. The molecule has 6 nitrogen and oxygen atoms in total. The Morgan fingerprint density at radius 2 is 1.35 bits per heavy atom. The maximum absolute atomic E-state index is 11.1. The van der Waals surface area contributed by atoms with Gasteiger partial charge in [0.05, 0.1) is 39.6 Å². The Labute approximate surface area is 121 Å². The Bertz CT molecular complexity index is 210. The van der Waals surface area contributed by atoms with Crippen molar-refractivity contribution < 1.29 is 28.5 Å². The third-order valence-electron chi connectivity index (χ3n) is 2.47. The molecule has 0 rings (SSSR count). The van der Waals surface area contributed by atoms with E-state index in [1.54, 1.807) is 7.11 Å². The predicted octanol–water partition coefficient (Wildman–Crippen LogP) is 2.40. The van der Waals surface area contributed by atoms with Crippen molar-refractivity contribution >= 4 is 6.16 Å². The van der Waals surface area contributed by atoms with Gasteiger partial charge in [0.2, 0.25) is 0 Å². The van der Waals surface area contributed by atoms with E-state index in [2.05, 4.69) is 6.92 Å². The molecule has 0 heterocycles. The normalized spacial score (nSPS) is 10.5. The lowest BCUT2D eigenvalue weighted by Gasteiger charge is -2.07. The van der Waals surface area contributed by atoms with Crippen molar-refractivity contribution in [2.45, 2.75) is 32.6 Å². The average molecular weight is 292 g/mol. The molecule has 0 aromatic carbocycles. The van der Waals surface area contributed by atoms with Gasteiger partial charge in [0.15, 0.2) is 0 Å². The summed E-state index contributed by atoms with van der Waals surface area (Å²) in [6.07, 6.45) is 3.67. The average Bonchev–Trinajstić information content (AvgIpc) is 2.45. The molecule has 0 aliphatic heterocycles. The number of carbonyl (C=O) groups is 1. The lowest BCUT2D eigenvalue weighted by atomic mass is 10.2. The van der Waals surface area contributed by atoms with Gasteiger partial charge >= 0.3 is 6.16 Å². The van der Waals surface area contributed by atoms with Crippen LogP contribution in [0.25, 0.3) is 0 Å². The molecule has 20 heavy (non-hydrogen) atoms. The van der Waals surface area contributed by atoms with Gasteiger partial charge in [-0.25, -0.2) is 4.79 Å². The second kappa shape index (κ2) is 16.2. The van der Waals surface area contributed by atoms with Crippen molar-refractivity contribution in [1.82, 2.24) is 0 Å². The first-order chi connectivity index (χ1) is 9.81. The minimum atomic E-state index is -0.624. The van der Waals surface area contributed by atoms with E-state index in [4.69, 9.17) is 23.7 Å². The molecule has 0 bridgehead atoms. The lowest BCUT2D eigenvalue weighted by Crippen LogP contribution is -2.14. The number of carbonyl (C=O) groups excluding carboxylic acids is 1. The fourth-order valence-corrected chi connectivity index (χ4v) is 1.37. The van der Waals surface area contributed by atoms with Crippen LogP contribution in [0.2, 0.25) is 0 Å². The van der Waals surface area contributed by atoms with Crippen LogP contribution in [0.4, 0.5) is 4.79 Å². The molecule has 0 radical (unpaired) electrons. The van der Waals surface area contributed by atoms with E-state index in [9.17, 15) is 4.79 Å². The highest BCUT2D eigenvalue weighted by atomic mass is 16.7. The van der Waals surface area contributed by atoms with E-state index in [0.29, 0.717) is 39.6 Å². The van der Waals surface area contributed by atoms with Crippen LogP contribution >= 0.6 is 0 Å². The maximum Gasteiger partial charge on any atom is 0.508 e. The standard InChI is InChI=1S/C14H28O6/c1-3-4-5-6-7-19-14(15)20-13-12-18-11-10-17-9-8-16-2/h3-13H2,1-2H3. The van der Waals surface area contributed by atoms with Crippen LogP contribution < -0.4 is 0 Å². The zero-order chi connectivity index (χ0) is 14.9. The molecule has 0 saturated carbocycles. The van der Waals surface area contributed by atoms with E-state index in [1.807, 2.05) is 0 Å². The minimum Gasteiger partial charge on any atom is -0.434 e. The zero-order valence-electron chi connectivity index (χ0n) is 12.7. The molecular weight excluding hydrogens is 264 g/mol. The molecule has 0 saturated heterocycles. The topological polar surface area (TPSA) is 63.2 Å². The number of unbranched alkanes of at least 4 members (excludes halogenated alkanes) is 3. The molecule has 0 N–H and O–H groups in total. The van der Waals surface area contributed by atoms with Gasteiger partial charge in [-0.1, -0.05) is 26.2 Å². The second-order valence-corrected chi connectivity index (χ2v) is 4.23. The van der Waals surface area contributed by atoms with E-state index in [-0.39, 0.29) is 6.61 Å².